The highest BCUT2D eigenvalue weighted by atomic mass is 32.2. The lowest BCUT2D eigenvalue weighted by Gasteiger charge is -2.26. The molecule has 138 valence electrons. The van der Waals surface area contributed by atoms with E-state index in [9.17, 15) is 4.79 Å². The van der Waals surface area contributed by atoms with Crippen LogP contribution in [0.4, 0.5) is 10.5 Å². The normalized spacial score (nSPS) is 16.3. The van der Waals surface area contributed by atoms with E-state index in [1.54, 1.807) is 44.1 Å². The van der Waals surface area contributed by atoms with Gasteiger partial charge in [-0.15, -0.1) is 11.8 Å². The van der Waals surface area contributed by atoms with E-state index in [1.807, 2.05) is 36.4 Å². The minimum atomic E-state index is -0.155. The molecule has 1 saturated heterocycles. The highest BCUT2D eigenvalue weighted by Crippen LogP contribution is 2.43. The Morgan fingerprint density at radius 3 is 2.58 bits per heavy atom. The Morgan fingerprint density at radius 2 is 1.85 bits per heavy atom. The Bertz CT molecular complexity index is 784. The molecular weight excluding hydrogens is 352 g/mol. The fourth-order valence-corrected chi connectivity index (χ4v) is 4.13. The van der Waals surface area contributed by atoms with Gasteiger partial charge in [0.15, 0.2) is 0 Å². The highest BCUT2D eigenvalue weighted by molar-refractivity contribution is 7.99. The van der Waals surface area contributed by atoms with Crippen molar-refractivity contribution < 1.29 is 19.0 Å². The average Bonchev–Trinajstić information content (AvgIpc) is 3.17. The maximum Gasteiger partial charge on any atom is 0.323 e. The number of nitrogens with zero attached hydrogens (tertiary/aromatic N) is 1. The minimum absolute atomic E-state index is 0.134. The molecule has 0 bridgehead atoms. The number of ether oxygens (including phenoxy) is 3. The van der Waals surface area contributed by atoms with E-state index in [4.69, 9.17) is 14.2 Å². The first kappa shape index (κ1) is 18.3. The van der Waals surface area contributed by atoms with Crippen LogP contribution in [-0.2, 0) is 0 Å². The van der Waals surface area contributed by atoms with Crippen molar-refractivity contribution in [3.05, 3.63) is 48.0 Å². The summed E-state index contributed by atoms with van der Waals surface area (Å²) < 4.78 is 16.0. The molecule has 1 heterocycles. The second kappa shape index (κ2) is 8.23. The monoisotopic (exact) mass is 374 g/mol. The van der Waals surface area contributed by atoms with Gasteiger partial charge in [0, 0.05) is 29.6 Å². The number of hydrogen-bond acceptors (Lipinski definition) is 5. The summed E-state index contributed by atoms with van der Waals surface area (Å²) in [6, 6.07) is 12.8. The Kier molecular flexibility index (Phi) is 5.78. The van der Waals surface area contributed by atoms with Crippen LogP contribution in [0.25, 0.3) is 0 Å². The zero-order valence-electron chi connectivity index (χ0n) is 15.0. The number of anilines is 1. The predicted octanol–water partition coefficient (Wildman–Crippen LogP) is 3.99. The van der Waals surface area contributed by atoms with Crippen LogP contribution in [0.5, 0.6) is 17.2 Å². The van der Waals surface area contributed by atoms with Gasteiger partial charge in [-0.1, -0.05) is 6.07 Å². The molecular formula is C19H22N2O4S. The third-order valence-corrected chi connectivity index (χ3v) is 5.42. The summed E-state index contributed by atoms with van der Waals surface area (Å²) in [5, 5.41) is 2.81. The fourth-order valence-electron chi connectivity index (χ4n) is 2.86. The number of carbonyl (C=O) groups excluding carboxylic acids is 1. The van der Waals surface area contributed by atoms with Crippen LogP contribution in [0.1, 0.15) is 10.9 Å². The van der Waals surface area contributed by atoms with Crippen molar-refractivity contribution >= 4 is 23.5 Å². The number of carbonyl (C=O) groups is 1. The number of methoxy groups -OCH3 is 3. The van der Waals surface area contributed by atoms with Crippen LogP contribution >= 0.6 is 11.8 Å². The van der Waals surface area contributed by atoms with E-state index >= 15 is 0 Å². The molecule has 1 N–H and O–H groups in total. The fraction of sp³-hybridized carbons (Fsp3) is 0.316. The number of thioether (sulfide) groups is 1. The zero-order valence-corrected chi connectivity index (χ0v) is 15.8. The molecule has 1 aliphatic rings. The van der Waals surface area contributed by atoms with Crippen LogP contribution in [0.15, 0.2) is 42.5 Å². The largest absolute Gasteiger partial charge is 0.497 e. The van der Waals surface area contributed by atoms with E-state index in [1.165, 1.54) is 0 Å². The van der Waals surface area contributed by atoms with Gasteiger partial charge in [-0.3, -0.25) is 0 Å². The van der Waals surface area contributed by atoms with Crippen molar-refractivity contribution in [2.45, 2.75) is 5.37 Å². The van der Waals surface area contributed by atoms with E-state index in [0.29, 0.717) is 18.0 Å². The van der Waals surface area contributed by atoms with Crippen molar-refractivity contribution in [1.29, 1.82) is 0 Å². The van der Waals surface area contributed by atoms with E-state index < -0.39 is 0 Å². The molecule has 2 amide bonds. The van der Waals surface area contributed by atoms with E-state index in [-0.39, 0.29) is 11.4 Å². The van der Waals surface area contributed by atoms with Crippen molar-refractivity contribution in [3.8, 4) is 17.2 Å². The first-order valence-corrected chi connectivity index (χ1v) is 9.26. The number of nitrogens with one attached hydrogen (secondary N) is 1. The van der Waals surface area contributed by atoms with Crippen molar-refractivity contribution in [3.63, 3.8) is 0 Å². The van der Waals surface area contributed by atoms with E-state index in [0.717, 1.165) is 22.8 Å². The Balaban J connectivity index is 1.82. The van der Waals surface area contributed by atoms with Crippen molar-refractivity contribution in [1.82, 2.24) is 4.90 Å². The van der Waals surface area contributed by atoms with Gasteiger partial charge >= 0.3 is 6.03 Å². The summed E-state index contributed by atoms with van der Waals surface area (Å²) >= 11 is 1.70. The zero-order chi connectivity index (χ0) is 18.5. The second-order valence-electron chi connectivity index (χ2n) is 5.69. The quantitative estimate of drug-likeness (QED) is 0.857. The molecule has 26 heavy (non-hydrogen) atoms. The second-order valence-corrected chi connectivity index (χ2v) is 6.87. The summed E-state index contributed by atoms with van der Waals surface area (Å²) in [4.78, 5) is 14.6. The molecule has 0 spiro atoms. The summed E-state index contributed by atoms with van der Waals surface area (Å²) in [6.45, 7) is 0.658. The minimum Gasteiger partial charge on any atom is -0.497 e. The number of urea groups is 1. The van der Waals surface area contributed by atoms with Gasteiger partial charge in [0.1, 0.15) is 22.6 Å². The van der Waals surface area contributed by atoms with Gasteiger partial charge in [-0.2, -0.15) is 0 Å². The van der Waals surface area contributed by atoms with Crippen LogP contribution in [0.3, 0.4) is 0 Å². The van der Waals surface area contributed by atoms with Crippen molar-refractivity contribution in [2.75, 3.05) is 38.9 Å². The molecule has 0 unspecified atom stereocenters. The Hall–Kier alpha value is -2.54. The van der Waals surface area contributed by atoms with Gasteiger partial charge in [-0.25, -0.2) is 4.79 Å². The topological polar surface area (TPSA) is 60.0 Å². The standard InChI is InChI=1S/C19H22N2O4S/c1-23-14-6-4-5-13(11-14)20-19(22)21-9-10-26-18(21)16-12-15(24-2)7-8-17(16)25-3/h4-8,11-12,18H,9-10H2,1-3H3,(H,20,22)/t18-/m0/s1. The average molecular weight is 374 g/mol. The molecule has 2 aromatic rings. The number of amides is 2. The number of benzene rings is 2. The molecule has 2 aromatic carbocycles. The predicted molar refractivity (Wildman–Crippen MR) is 103 cm³/mol. The van der Waals surface area contributed by atoms with Crippen LogP contribution < -0.4 is 19.5 Å². The van der Waals surface area contributed by atoms with Gasteiger partial charge in [-0.05, 0) is 30.3 Å². The molecule has 1 aliphatic heterocycles. The van der Waals surface area contributed by atoms with Crippen molar-refractivity contribution in [2.24, 2.45) is 0 Å². The van der Waals surface area contributed by atoms with Crippen LogP contribution in [-0.4, -0.2) is 44.6 Å². The Labute approximate surface area is 157 Å². The smallest absolute Gasteiger partial charge is 0.323 e. The van der Waals surface area contributed by atoms with Crippen LogP contribution in [0, 0.1) is 0 Å². The third kappa shape index (κ3) is 3.83. The van der Waals surface area contributed by atoms with E-state index in [2.05, 4.69) is 5.32 Å². The third-order valence-electron chi connectivity index (χ3n) is 4.18. The lowest BCUT2D eigenvalue weighted by atomic mass is 10.1. The molecule has 0 aromatic heterocycles. The molecule has 6 nitrogen and oxygen atoms in total. The first-order valence-electron chi connectivity index (χ1n) is 8.21. The lowest BCUT2D eigenvalue weighted by Crippen LogP contribution is -2.34. The van der Waals surface area contributed by atoms with Gasteiger partial charge < -0.3 is 24.4 Å². The number of hydrogen-bond donors (Lipinski definition) is 1. The molecule has 0 radical (unpaired) electrons. The molecule has 1 fully saturated rings. The maximum atomic E-state index is 12.8. The first-order chi connectivity index (χ1) is 12.7. The lowest BCUT2D eigenvalue weighted by molar-refractivity contribution is 0.213. The summed E-state index contributed by atoms with van der Waals surface area (Å²) in [6.07, 6.45) is 0. The Morgan fingerprint density at radius 1 is 1.08 bits per heavy atom. The molecule has 0 aliphatic carbocycles. The summed E-state index contributed by atoms with van der Waals surface area (Å²) in [5.41, 5.74) is 1.62. The number of rotatable bonds is 5. The van der Waals surface area contributed by atoms with Gasteiger partial charge in [0.05, 0.1) is 21.3 Å². The molecule has 3 rings (SSSR count). The molecule has 0 saturated carbocycles. The molecule has 1 atom stereocenters. The highest BCUT2D eigenvalue weighted by Gasteiger charge is 2.33. The summed E-state index contributed by atoms with van der Waals surface area (Å²) in [5.74, 6) is 3.03. The van der Waals surface area contributed by atoms with Gasteiger partial charge in [0.25, 0.3) is 0 Å². The van der Waals surface area contributed by atoms with Gasteiger partial charge in [0.2, 0.25) is 0 Å². The SMILES string of the molecule is COc1cccc(NC(=O)N2CCS[C@H]2c2cc(OC)ccc2OC)c1. The summed E-state index contributed by atoms with van der Waals surface area (Å²) in [7, 11) is 4.86. The molecule has 7 heteroatoms. The van der Waals surface area contributed by atoms with Crippen LogP contribution in [0.2, 0.25) is 0 Å². The maximum absolute atomic E-state index is 12.8.